The first-order chi connectivity index (χ1) is 11.6. The van der Waals surface area contributed by atoms with Crippen molar-refractivity contribution in [2.24, 2.45) is 7.05 Å². The minimum atomic E-state index is -0.104. The number of hydrogen-bond donors (Lipinski definition) is 1. The van der Waals surface area contributed by atoms with Gasteiger partial charge in [0.2, 0.25) is 0 Å². The lowest BCUT2D eigenvalue weighted by Gasteiger charge is -2.31. The monoisotopic (exact) mass is 346 g/mol. The number of fused-ring (bicyclic) bond motifs is 1. The molecule has 0 aliphatic carbocycles. The number of aryl methyl sites for hydroxylation is 2. The van der Waals surface area contributed by atoms with Crippen LogP contribution in [0.25, 0.3) is 11.0 Å². The predicted molar refractivity (Wildman–Crippen MR) is 90.8 cm³/mol. The third-order valence-electron chi connectivity index (χ3n) is 4.35. The van der Waals surface area contributed by atoms with Gasteiger partial charge in [-0.15, -0.1) is 0 Å². The van der Waals surface area contributed by atoms with Crippen molar-refractivity contribution in [2.75, 3.05) is 19.7 Å². The fraction of sp³-hybridized carbons (Fsp3) is 0.438. The summed E-state index contributed by atoms with van der Waals surface area (Å²) in [4.78, 5) is 11.4. The molecule has 3 heterocycles. The minimum absolute atomic E-state index is 0.104. The van der Waals surface area contributed by atoms with Crippen molar-refractivity contribution in [1.29, 1.82) is 0 Å². The number of hydrogen-bond acceptors (Lipinski definition) is 5. The second kappa shape index (κ2) is 6.16. The standard InChI is InChI=1S/C16H19ClN6O/c1-10-18-16(21-20-10)14-8-23(5-6-24-14)9-15-19-12-7-11(17)3-4-13(12)22(15)2/h3-4,7,14H,5-6,8-9H2,1-2H3,(H,18,20,21)/t14-/m0/s1. The van der Waals surface area contributed by atoms with E-state index < -0.39 is 0 Å². The summed E-state index contributed by atoms with van der Waals surface area (Å²) in [5.74, 6) is 2.53. The van der Waals surface area contributed by atoms with Gasteiger partial charge in [0.1, 0.15) is 17.8 Å². The lowest BCUT2D eigenvalue weighted by molar-refractivity contribution is -0.0379. The van der Waals surface area contributed by atoms with Gasteiger partial charge in [-0.3, -0.25) is 10.00 Å². The molecule has 0 saturated carbocycles. The average Bonchev–Trinajstić information content (AvgIpc) is 3.12. The van der Waals surface area contributed by atoms with E-state index in [1.54, 1.807) is 0 Å². The van der Waals surface area contributed by atoms with Crippen molar-refractivity contribution < 1.29 is 4.74 Å². The Labute approximate surface area is 144 Å². The van der Waals surface area contributed by atoms with Gasteiger partial charge in [0.25, 0.3) is 0 Å². The van der Waals surface area contributed by atoms with Crippen LogP contribution in [0.3, 0.4) is 0 Å². The maximum absolute atomic E-state index is 6.07. The highest BCUT2D eigenvalue weighted by molar-refractivity contribution is 6.31. The summed E-state index contributed by atoms with van der Waals surface area (Å²) in [5.41, 5.74) is 2.01. The van der Waals surface area contributed by atoms with Gasteiger partial charge in [-0.25, -0.2) is 9.97 Å². The molecule has 3 aromatic rings. The molecule has 0 unspecified atom stereocenters. The third kappa shape index (κ3) is 2.90. The Bertz CT molecular complexity index is 873. The SMILES string of the molecule is Cc1nc([C@@H]2CN(Cc3nc4cc(Cl)ccc4n3C)CCO2)n[nH]1. The summed E-state index contributed by atoms with van der Waals surface area (Å²) >= 11 is 6.07. The first kappa shape index (κ1) is 15.6. The summed E-state index contributed by atoms with van der Waals surface area (Å²) in [6.45, 7) is 4.92. The molecular formula is C16H19ClN6O. The number of aromatic nitrogens is 5. The van der Waals surface area contributed by atoms with E-state index in [1.807, 2.05) is 32.2 Å². The van der Waals surface area contributed by atoms with Crippen LogP contribution in [0.4, 0.5) is 0 Å². The molecule has 0 radical (unpaired) electrons. The highest BCUT2D eigenvalue weighted by Crippen LogP contribution is 2.23. The largest absolute Gasteiger partial charge is 0.367 e. The number of ether oxygens (including phenoxy) is 1. The number of nitrogens with zero attached hydrogens (tertiary/aromatic N) is 5. The molecule has 1 atom stereocenters. The molecule has 1 aliphatic heterocycles. The van der Waals surface area contributed by atoms with Gasteiger partial charge < -0.3 is 9.30 Å². The Morgan fingerprint density at radius 3 is 3.04 bits per heavy atom. The second-order valence-corrected chi connectivity index (χ2v) is 6.53. The molecule has 1 aromatic carbocycles. The minimum Gasteiger partial charge on any atom is -0.367 e. The Kier molecular flexibility index (Phi) is 3.99. The van der Waals surface area contributed by atoms with Gasteiger partial charge in [-0.05, 0) is 25.1 Å². The van der Waals surface area contributed by atoms with Gasteiger partial charge in [0, 0.05) is 25.2 Å². The maximum atomic E-state index is 6.07. The summed E-state index contributed by atoms with van der Waals surface area (Å²) in [6.07, 6.45) is -0.104. The van der Waals surface area contributed by atoms with Crippen LogP contribution < -0.4 is 0 Å². The number of rotatable bonds is 3. The maximum Gasteiger partial charge on any atom is 0.180 e. The first-order valence-electron chi connectivity index (χ1n) is 7.94. The van der Waals surface area contributed by atoms with Gasteiger partial charge in [-0.1, -0.05) is 11.6 Å². The molecule has 0 spiro atoms. The van der Waals surface area contributed by atoms with E-state index in [0.717, 1.165) is 42.3 Å². The van der Waals surface area contributed by atoms with E-state index in [2.05, 4.69) is 24.6 Å². The first-order valence-corrected chi connectivity index (χ1v) is 8.31. The van der Waals surface area contributed by atoms with Crippen molar-refractivity contribution in [3.63, 3.8) is 0 Å². The summed E-state index contributed by atoms with van der Waals surface area (Å²) in [5, 5.41) is 7.80. The van der Waals surface area contributed by atoms with E-state index in [1.165, 1.54) is 0 Å². The molecule has 2 aromatic heterocycles. The molecule has 1 fully saturated rings. The van der Waals surface area contributed by atoms with Gasteiger partial charge in [0.15, 0.2) is 5.82 Å². The predicted octanol–water partition coefficient (Wildman–Crippen LogP) is 2.23. The molecule has 0 amide bonds. The average molecular weight is 347 g/mol. The number of benzene rings is 1. The van der Waals surface area contributed by atoms with Gasteiger partial charge in [0.05, 0.1) is 24.2 Å². The van der Waals surface area contributed by atoms with Crippen molar-refractivity contribution in [3.8, 4) is 0 Å². The quantitative estimate of drug-likeness (QED) is 0.787. The molecular weight excluding hydrogens is 328 g/mol. The number of morpholine rings is 1. The molecule has 0 bridgehead atoms. The number of imidazole rings is 1. The molecule has 1 N–H and O–H groups in total. The van der Waals surface area contributed by atoms with Crippen LogP contribution in [0.1, 0.15) is 23.6 Å². The molecule has 1 aliphatic rings. The third-order valence-corrected chi connectivity index (χ3v) is 4.59. The van der Waals surface area contributed by atoms with E-state index in [0.29, 0.717) is 17.5 Å². The van der Waals surface area contributed by atoms with Crippen LogP contribution in [0.15, 0.2) is 18.2 Å². The topological polar surface area (TPSA) is 71.9 Å². The fourth-order valence-electron chi connectivity index (χ4n) is 3.07. The normalized spacial score (nSPS) is 19.2. The highest BCUT2D eigenvalue weighted by Gasteiger charge is 2.26. The zero-order valence-electron chi connectivity index (χ0n) is 13.7. The van der Waals surface area contributed by atoms with Crippen molar-refractivity contribution in [1.82, 2.24) is 29.6 Å². The number of H-pyrrole nitrogens is 1. The Morgan fingerprint density at radius 2 is 2.25 bits per heavy atom. The lowest BCUT2D eigenvalue weighted by Crippen LogP contribution is -2.38. The fourth-order valence-corrected chi connectivity index (χ4v) is 3.24. The van der Waals surface area contributed by atoms with E-state index >= 15 is 0 Å². The van der Waals surface area contributed by atoms with Crippen LogP contribution in [0.5, 0.6) is 0 Å². The highest BCUT2D eigenvalue weighted by atomic mass is 35.5. The number of nitrogens with one attached hydrogen (secondary N) is 1. The van der Waals surface area contributed by atoms with E-state index in [-0.39, 0.29) is 6.10 Å². The second-order valence-electron chi connectivity index (χ2n) is 6.09. The van der Waals surface area contributed by atoms with Gasteiger partial charge >= 0.3 is 0 Å². The molecule has 7 nitrogen and oxygen atoms in total. The van der Waals surface area contributed by atoms with E-state index in [9.17, 15) is 0 Å². The lowest BCUT2D eigenvalue weighted by atomic mass is 10.2. The van der Waals surface area contributed by atoms with Crippen molar-refractivity contribution in [3.05, 3.63) is 40.7 Å². The van der Waals surface area contributed by atoms with Crippen LogP contribution in [0, 0.1) is 6.92 Å². The Balaban J connectivity index is 1.53. The molecule has 1 saturated heterocycles. The molecule has 8 heteroatoms. The van der Waals surface area contributed by atoms with Crippen molar-refractivity contribution >= 4 is 22.6 Å². The molecule has 24 heavy (non-hydrogen) atoms. The number of aromatic amines is 1. The number of halogens is 1. The van der Waals surface area contributed by atoms with Crippen LogP contribution in [0.2, 0.25) is 5.02 Å². The molecule has 4 rings (SSSR count). The summed E-state index contributed by atoms with van der Waals surface area (Å²) in [6, 6.07) is 5.80. The Hall–Kier alpha value is -1.96. The zero-order valence-corrected chi connectivity index (χ0v) is 14.4. The van der Waals surface area contributed by atoms with Crippen LogP contribution in [-0.2, 0) is 18.3 Å². The van der Waals surface area contributed by atoms with Crippen LogP contribution in [-0.4, -0.2) is 49.3 Å². The van der Waals surface area contributed by atoms with Crippen molar-refractivity contribution in [2.45, 2.75) is 19.6 Å². The molecule has 126 valence electrons. The smallest absolute Gasteiger partial charge is 0.180 e. The zero-order chi connectivity index (χ0) is 16.7. The summed E-state index contributed by atoms with van der Waals surface area (Å²) < 4.78 is 7.94. The van der Waals surface area contributed by atoms with E-state index in [4.69, 9.17) is 21.3 Å². The van der Waals surface area contributed by atoms with Crippen LogP contribution >= 0.6 is 11.6 Å². The summed E-state index contributed by atoms with van der Waals surface area (Å²) in [7, 11) is 2.04. The Morgan fingerprint density at radius 1 is 1.38 bits per heavy atom. The van der Waals surface area contributed by atoms with Gasteiger partial charge in [-0.2, -0.15) is 5.10 Å².